The monoisotopic (exact) mass is 405 g/mol. The smallest absolute Gasteiger partial charge is 0.230 e. The van der Waals surface area contributed by atoms with Gasteiger partial charge in [-0.25, -0.2) is 0 Å². The fraction of sp³-hybridized carbons (Fsp3) is 0.682. The average molecular weight is 406 g/mol. The third kappa shape index (κ3) is 4.84. The van der Waals surface area contributed by atoms with Crippen molar-refractivity contribution in [1.82, 2.24) is 5.32 Å². The summed E-state index contributed by atoms with van der Waals surface area (Å²) in [7, 11) is 0. The lowest BCUT2D eigenvalue weighted by Gasteiger charge is -2.40. The van der Waals surface area contributed by atoms with Gasteiger partial charge in [0.1, 0.15) is 24.4 Å². The molecular weight excluding hydrogens is 372 g/mol. The van der Waals surface area contributed by atoms with Crippen molar-refractivity contribution in [3.8, 4) is 5.75 Å². The highest BCUT2D eigenvalue weighted by atomic mass is 32.2. The first-order chi connectivity index (χ1) is 13.6. The fourth-order valence-electron chi connectivity index (χ4n) is 4.73. The van der Waals surface area contributed by atoms with Crippen LogP contribution in [0.4, 0.5) is 0 Å². The molecule has 1 spiro atoms. The Kier molecular flexibility index (Phi) is 6.48. The molecule has 5 nitrogen and oxygen atoms in total. The summed E-state index contributed by atoms with van der Waals surface area (Å²) in [6, 6.07) is 6.51. The van der Waals surface area contributed by atoms with Gasteiger partial charge in [0, 0.05) is 17.2 Å². The molecule has 0 bridgehead atoms. The molecule has 2 aliphatic heterocycles. The number of carbonyl (C=O) groups is 1. The first-order valence-corrected chi connectivity index (χ1v) is 11.8. The Morgan fingerprint density at radius 3 is 2.86 bits per heavy atom. The van der Waals surface area contributed by atoms with E-state index >= 15 is 0 Å². The predicted molar refractivity (Wildman–Crippen MR) is 112 cm³/mol. The second kappa shape index (κ2) is 9.06. The van der Waals surface area contributed by atoms with Crippen molar-refractivity contribution in [3.05, 3.63) is 29.3 Å². The van der Waals surface area contributed by atoms with Crippen molar-refractivity contribution in [1.29, 1.82) is 0 Å². The normalized spacial score (nSPS) is 24.0. The molecule has 0 aromatic heterocycles. The fourth-order valence-corrected chi connectivity index (χ4v) is 5.97. The van der Waals surface area contributed by atoms with Gasteiger partial charge in [0.2, 0.25) is 5.91 Å². The highest BCUT2D eigenvalue weighted by molar-refractivity contribution is 8.00. The number of benzene rings is 1. The lowest BCUT2D eigenvalue weighted by Crippen LogP contribution is -3.14. The van der Waals surface area contributed by atoms with Crippen LogP contribution in [-0.4, -0.2) is 56.7 Å². The minimum Gasteiger partial charge on any atom is -0.487 e. The Labute approximate surface area is 172 Å². The summed E-state index contributed by atoms with van der Waals surface area (Å²) < 4.78 is 11.9. The van der Waals surface area contributed by atoms with Crippen LogP contribution in [0.5, 0.6) is 5.75 Å². The van der Waals surface area contributed by atoms with Gasteiger partial charge in [0.05, 0.1) is 32.1 Å². The van der Waals surface area contributed by atoms with Crippen LogP contribution < -0.4 is 15.0 Å². The van der Waals surface area contributed by atoms with Crippen molar-refractivity contribution in [2.75, 3.05) is 45.1 Å². The molecule has 1 aromatic carbocycles. The molecule has 154 valence electrons. The lowest BCUT2D eigenvalue weighted by atomic mass is 9.88. The van der Waals surface area contributed by atoms with Crippen LogP contribution in [0.15, 0.2) is 18.2 Å². The van der Waals surface area contributed by atoms with Gasteiger partial charge in [0.25, 0.3) is 0 Å². The quantitative estimate of drug-likeness (QED) is 0.759. The minimum absolute atomic E-state index is 0.00387. The molecule has 2 fully saturated rings. The van der Waals surface area contributed by atoms with E-state index in [4.69, 9.17) is 9.47 Å². The van der Waals surface area contributed by atoms with Gasteiger partial charge in [-0.15, -0.1) is 11.8 Å². The summed E-state index contributed by atoms with van der Waals surface area (Å²) in [4.78, 5) is 13.9. The number of thioether (sulfide) groups is 1. The summed E-state index contributed by atoms with van der Waals surface area (Å²) in [5.41, 5.74) is 2.53. The molecule has 6 heteroatoms. The van der Waals surface area contributed by atoms with E-state index in [2.05, 4.69) is 30.4 Å². The molecule has 1 saturated heterocycles. The number of hydrogen-bond donors (Lipinski definition) is 2. The molecule has 1 aromatic rings. The molecule has 2 N–H and O–H groups in total. The van der Waals surface area contributed by atoms with Gasteiger partial charge in [0.15, 0.2) is 0 Å². The summed E-state index contributed by atoms with van der Waals surface area (Å²) in [6.07, 6.45) is 5.82. The van der Waals surface area contributed by atoms with Crippen molar-refractivity contribution in [2.45, 2.75) is 49.9 Å². The largest absolute Gasteiger partial charge is 0.487 e. The standard InChI is InChI=1S/C22H32N2O3S/c1-17-4-5-19-18(14-17)20(15-22(27-19)6-2-3-7-22)28-16-21(25)23-8-9-24-10-12-26-13-11-24/h4-5,14,20H,2-3,6-13,15-16H2,1H3,(H,23,25)/p+1. The zero-order valence-corrected chi connectivity index (χ0v) is 17.7. The first-order valence-electron chi connectivity index (χ1n) is 10.7. The number of nitrogens with one attached hydrogen (secondary N) is 2. The highest BCUT2D eigenvalue weighted by Crippen LogP contribution is 2.51. The second-order valence-electron chi connectivity index (χ2n) is 8.50. The SMILES string of the molecule is Cc1ccc2c(c1)C(SCC(=O)NCC[NH+]1CCOCC1)CC1(CCCC1)O2. The van der Waals surface area contributed by atoms with Crippen molar-refractivity contribution in [2.24, 2.45) is 0 Å². The van der Waals surface area contributed by atoms with Gasteiger partial charge in [-0.3, -0.25) is 4.79 Å². The van der Waals surface area contributed by atoms with E-state index in [-0.39, 0.29) is 11.5 Å². The van der Waals surface area contributed by atoms with Gasteiger partial charge in [-0.05, 0) is 38.7 Å². The Morgan fingerprint density at radius 1 is 1.29 bits per heavy atom. The van der Waals surface area contributed by atoms with E-state index in [0.717, 1.165) is 64.4 Å². The van der Waals surface area contributed by atoms with E-state index in [1.165, 1.54) is 28.9 Å². The van der Waals surface area contributed by atoms with Crippen LogP contribution in [0.25, 0.3) is 0 Å². The molecule has 4 rings (SSSR count). The second-order valence-corrected chi connectivity index (χ2v) is 9.69. The highest BCUT2D eigenvalue weighted by Gasteiger charge is 2.43. The predicted octanol–water partition coefficient (Wildman–Crippen LogP) is 1.90. The van der Waals surface area contributed by atoms with E-state index in [1.807, 2.05) is 0 Å². The number of amides is 1. The third-order valence-corrected chi connectivity index (χ3v) is 7.58. The zero-order chi connectivity index (χ0) is 19.4. The van der Waals surface area contributed by atoms with Gasteiger partial charge < -0.3 is 19.7 Å². The molecule has 1 unspecified atom stereocenters. The zero-order valence-electron chi connectivity index (χ0n) is 16.9. The minimum atomic E-state index is -0.00387. The van der Waals surface area contributed by atoms with Gasteiger partial charge in [-0.2, -0.15) is 0 Å². The average Bonchev–Trinajstić information content (AvgIpc) is 3.15. The van der Waals surface area contributed by atoms with Crippen LogP contribution in [0.3, 0.4) is 0 Å². The molecule has 0 radical (unpaired) electrons. The Morgan fingerprint density at radius 2 is 2.07 bits per heavy atom. The Balaban J connectivity index is 1.31. The van der Waals surface area contributed by atoms with E-state index in [1.54, 1.807) is 11.8 Å². The molecule has 28 heavy (non-hydrogen) atoms. The van der Waals surface area contributed by atoms with E-state index < -0.39 is 0 Å². The first kappa shape index (κ1) is 20.0. The van der Waals surface area contributed by atoms with Crippen LogP contribution >= 0.6 is 11.8 Å². The summed E-state index contributed by atoms with van der Waals surface area (Å²) in [5, 5.41) is 3.46. The Bertz CT molecular complexity index is 684. The topological polar surface area (TPSA) is 52.0 Å². The van der Waals surface area contributed by atoms with Gasteiger partial charge in [-0.1, -0.05) is 17.7 Å². The summed E-state index contributed by atoms with van der Waals surface area (Å²) in [6.45, 7) is 7.63. The number of fused-ring (bicyclic) bond motifs is 1. The van der Waals surface area contributed by atoms with Crippen molar-refractivity contribution < 1.29 is 19.2 Å². The molecule has 1 atom stereocenters. The van der Waals surface area contributed by atoms with E-state index in [0.29, 0.717) is 11.0 Å². The van der Waals surface area contributed by atoms with E-state index in [9.17, 15) is 4.79 Å². The number of hydrogen-bond acceptors (Lipinski definition) is 4. The number of aryl methyl sites for hydroxylation is 1. The van der Waals surface area contributed by atoms with Gasteiger partial charge >= 0.3 is 0 Å². The van der Waals surface area contributed by atoms with Crippen molar-refractivity contribution >= 4 is 17.7 Å². The third-order valence-electron chi connectivity index (χ3n) is 6.33. The van der Waals surface area contributed by atoms with Crippen LogP contribution in [0.2, 0.25) is 0 Å². The number of ether oxygens (including phenoxy) is 2. The summed E-state index contributed by atoms with van der Waals surface area (Å²) in [5.74, 6) is 1.71. The molecule has 3 aliphatic rings. The van der Waals surface area contributed by atoms with Crippen LogP contribution in [0, 0.1) is 6.92 Å². The molecule has 2 heterocycles. The molecule has 1 amide bonds. The molecule has 1 saturated carbocycles. The number of quaternary nitrogens is 1. The number of rotatable bonds is 6. The maximum Gasteiger partial charge on any atom is 0.230 e. The van der Waals surface area contributed by atoms with Crippen LogP contribution in [0.1, 0.15) is 48.5 Å². The maximum absolute atomic E-state index is 12.4. The number of carbonyl (C=O) groups excluding carboxylic acids is 1. The van der Waals surface area contributed by atoms with Crippen LogP contribution in [-0.2, 0) is 9.53 Å². The van der Waals surface area contributed by atoms with Crippen molar-refractivity contribution in [3.63, 3.8) is 0 Å². The molecule has 1 aliphatic carbocycles. The molecular formula is C22H33N2O3S+. The Hall–Kier alpha value is -1.24. The number of morpholine rings is 1. The lowest BCUT2D eigenvalue weighted by molar-refractivity contribution is -0.906. The summed E-state index contributed by atoms with van der Waals surface area (Å²) >= 11 is 1.78. The maximum atomic E-state index is 12.4.